The van der Waals surface area contributed by atoms with Crippen LogP contribution in [-0.2, 0) is 5.41 Å². The van der Waals surface area contributed by atoms with Crippen molar-refractivity contribution in [2.45, 2.75) is 109 Å². The van der Waals surface area contributed by atoms with E-state index in [-0.39, 0.29) is 15.7 Å². The zero-order valence-electron chi connectivity index (χ0n) is 22.8. The van der Waals surface area contributed by atoms with Crippen LogP contribution in [0.25, 0.3) is 0 Å². The van der Waals surface area contributed by atoms with Crippen molar-refractivity contribution in [3.8, 4) is 0 Å². The molecule has 0 spiro atoms. The molecule has 2 nitrogen and oxygen atoms in total. The van der Waals surface area contributed by atoms with Crippen LogP contribution in [0.15, 0.2) is 48.2 Å². The van der Waals surface area contributed by atoms with Crippen molar-refractivity contribution in [1.29, 1.82) is 0 Å². The number of anilines is 1. The molecule has 3 heteroatoms. The molecule has 2 heterocycles. The van der Waals surface area contributed by atoms with E-state index in [2.05, 4.69) is 100 Å². The Morgan fingerprint density at radius 2 is 1.74 bits per heavy atom. The number of hydrogen-bond acceptors (Lipinski definition) is 2. The van der Waals surface area contributed by atoms with Crippen molar-refractivity contribution in [2.24, 2.45) is 5.92 Å². The molecular formula is C31H47N2S+. The summed E-state index contributed by atoms with van der Waals surface area (Å²) in [6.07, 6.45) is 17.0. The Bertz CT molecular complexity index is 973. The molecule has 1 saturated carbocycles. The molecule has 1 aromatic rings. The van der Waals surface area contributed by atoms with Gasteiger partial charge in [-0.3, -0.25) is 0 Å². The lowest BCUT2D eigenvalue weighted by atomic mass is 9.84. The highest BCUT2D eigenvalue weighted by atomic mass is 32.2. The largest absolute Gasteiger partial charge is 0.344 e. The van der Waals surface area contributed by atoms with Gasteiger partial charge in [0.25, 0.3) is 0 Å². The molecule has 186 valence electrons. The Balaban J connectivity index is 1.55. The number of para-hydroxylation sites is 1. The number of thioether (sulfide) groups is 1. The number of fused-ring (bicyclic) bond motifs is 1. The molecule has 3 aliphatic rings. The van der Waals surface area contributed by atoms with Gasteiger partial charge in [-0.25, -0.2) is 4.58 Å². The van der Waals surface area contributed by atoms with Gasteiger partial charge in [0.1, 0.15) is 6.54 Å². The van der Waals surface area contributed by atoms with Gasteiger partial charge in [-0.15, -0.1) is 0 Å². The second-order valence-corrected chi connectivity index (χ2v) is 13.7. The zero-order chi connectivity index (χ0) is 24.6. The van der Waals surface area contributed by atoms with Crippen molar-refractivity contribution in [1.82, 2.24) is 0 Å². The SMILES string of the molecule is CC[N+]1=C(/C=C/C=C2/N(CCCCC3CCCC3)c3ccccc3C2(C)C)SC(C)(C)C1(C)C. The van der Waals surface area contributed by atoms with Gasteiger partial charge in [0.05, 0.1) is 4.75 Å². The molecule has 0 aromatic heterocycles. The summed E-state index contributed by atoms with van der Waals surface area (Å²) >= 11 is 2.02. The van der Waals surface area contributed by atoms with Crippen LogP contribution in [0.4, 0.5) is 5.69 Å². The lowest BCUT2D eigenvalue weighted by molar-refractivity contribution is -0.596. The van der Waals surface area contributed by atoms with Gasteiger partial charge < -0.3 is 4.90 Å². The minimum Gasteiger partial charge on any atom is -0.344 e. The van der Waals surface area contributed by atoms with E-state index in [0.717, 1.165) is 19.0 Å². The van der Waals surface area contributed by atoms with Gasteiger partial charge in [-0.2, -0.15) is 0 Å². The fourth-order valence-electron chi connectivity index (χ4n) is 6.32. The minimum absolute atomic E-state index is 0.0306. The zero-order valence-corrected chi connectivity index (χ0v) is 23.6. The first-order valence-electron chi connectivity index (χ1n) is 13.7. The fraction of sp³-hybridized carbons (Fsp3) is 0.645. The van der Waals surface area contributed by atoms with Crippen LogP contribution in [0, 0.1) is 5.92 Å². The van der Waals surface area contributed by atoms with Gasteiger partial charge in [-0.1, -0.05) is 76.6 Å². The van der Waals surface area contributed by atoms with E-state index in [1.54, 1.807) is 0 Å². The predicted molar refractivity (Wildman–Crippen MR) is 151 cm³/mol. The van der Waals surface area contributed by atoms with Crippen LogP contribution in [0.1, 0.15) is 99.0 Å². The molecule has 34 heavy (non-hydrogen) atoms. The average molecular weight is 480 g/mol. The Morgan fingerprint density at radius 1 is 1.03 bits per heavy atom. The van der Waals surface area contributed by atoms with Crippen LogP contribution >= 0.6 is 11.8 Å². The molecule has 0 N–H and O–H groups in total. The second kappa shape index (κ2) is 9.88. The molecular weight excluding hydrogens is 432 g/mol. The first-order valence-corrected chi connectivity index (χ1v) is 14.5. The number of unbranched alkanes of at least 4 members (excludes halogenated alkanes) is 1. The molecule has 1 aliphatic carbocycles. The smallest absolute Gasteiger partial charge is 0.235 e. The van der Waals surface area contributed by atoms with Gasteiger partial charge in [0, 0.05) is 43.3 Å². The predicted octanol–water partition coefficient (Wildman–Crippen LogP) is 8.32. The summed E-state index contributed by atoms with van der Waals surface area (Å²) in [5.41, 5.74) is 4.49. The third-order valence-electron chi connectivity index (χ3n) is 9.10. The van der Waals surface area contributed by atoms with E-state index in [1.807, 2.05) is 11.8 Å². The first-order chi connectivity index (χ1) is 16.1. The number of hydrogen-bond donors (Lipinski definition) is 0. The third-order valence-corrected chi connectivity index (χ3v) is 10.7. The second-order valence-electron chi connectivity index (χ2n) is 12.1. The maximum atomic E-state index is 2.62. The molecule has 0 atom stereocenters. The molecule has 0 bridgehead atoms. The Morgan fingerprint density at radius 3 is 2.44 bits per heavy atom. The summed E-state index contributed by atoms with van der Waals surface area (Å²) in [5, 5.41) is 1.39. The van der Waals surface area contributed by atoms with Crippen molar-refractivity contribution in [3.05, 3.63) is 53.8 Å². The van der Waals surface area contributed by atoms with Crippen molar-refractivity contribution in [2.75, 3.05) is 18.0 Å². The van der Waals surface area contributed by atoms with E-state index in [4.69, 9.17) is 0 Å². The Labute approximate surface area is 213 Å². The molecule has 0 saturated heterocycles. The standard InChI is InChI=1S/C31H47N2S/c1-8-33-28(34-31(6,7)30(33,4)5)22-15-21-27-29(2,3)25-19-11-12-20-26(25)32(27)23-14-13-18-24-16-9-10-17-24/h11-12,15,19-22,24H,8-10,13-14,16-18,23H2,1-7H3/q+1. The van der Waals surface area contributed by atoms with Crippen LogP contribution < -0.4 is 4.90 Å². The Kier molecular flexibility index (Phi) is 7.44. The van der Waals surface area contributed by atoms with E-state index >= 15 is 0 Å². The molecule has 1 fully saturated rings. The molecule has 1 aromatic carbocycles. The molecule has 4 rings (SSSR count). The summed E-state index contributed by atoms with van der Waals surface area (Å²) in [5.74, 6) is 0.996. The van der Waals surface area contributed by atoms with Crippen molar-refractivity contribution < 1.29 is 4.58 Å². The van der Waals surface area contributed by atoms with E-state index in [0.29, 0.717) is 0 Å². The minimum atomic E-state index is 0.0306. The molecule has 0 amide bonds. The van der Waals surface area contributed by atoms with Crippen LogP contribution in [-0.4, -0.2) is 33.0 Å². The monoisotopic (exact) mass is 479 g/mol. The van der Waals surface area contributed by atoms with Crippen molar-refractivity contribution >= 4 is 22.5 Å². The molecule has 0 unspecified atom stereocenters. The lowest BCUT2D eigenvalue weighted by Crippen LogP contribution is -2.47. The average Bonchev–Trinajstić information content (AvgIpc) is 3.41. The van der Waals surface area contributed by atoms with Crippen LogP contribution in [0.3, 0.4) is 0 Å². The number of rotatable bonds is 8. The normalized spacial score (nSPS) is 24.7. The summed E-state index contributed by atoms with van der Waals surface area (Å²) < 4.78 is 2.77. The molecule has 2 aliphatic heterocycles. The highest BCUT2D eigenvalue weighted by molar-refractivity contribution is 8.15. The van der Waals surface area contributed by atoms with Gasteiger partial charge in [0.15, 0.2) is 5.54 Å². The maximum absolute atomic E-state index is 2.62. The Hall–Kier alpha value is -1.48. The van der Waals surface area contributed by atoms with Gasteiger partial charge in [-0.05, 0) is 62.6 Å². The molecule has 0 radical (unpaired) electrons. The fourth-order valence-corrected chi connectivity index (χ4v) is 7.82. The summed E-state index contributed by atoms with van der Waals surface area (Å²) in [6.45, 7) is 18.8. The summed E-state index contributed by atoms with van der Waals surface area (Å²) in [7, 11) is 0. The lowest BCUT2D eigenvalue weighted by Gasteiger charge is -2.29. The van der Waals surface area contributed by atoms with Crippen LogP contribution in [0.2, 0.25) is 0 Å². The van der Waals surface area contributed by atoms with E-state index < -0.39 is 0 Å². The number of nitrogens with zero attached hydrogens (tertiary/aromatic N) is 2. The van der Waals surface area contributed by atoms with Crippen molar-refractivity contribution in [3.63, 3.8) is 0 Å². The van der Waals surface area contributed by atoms with Gasteiger partial charge in [0.2, 0.25) is 5.04 Å². The van der Waals surface area contributed by atoms with E-state index in [1.165, 1.54) is 66.9 Å². The number of benzene rings is 1. The summed E-state index contributed by atoms with van der Waals surface area (Å²) in [6, 6.07) is 9.06. The quantitative estimate of drug-likeness (QED) is 0.273. The van der Waals surface area contributed by atoms with E-state index in [9.17, 15) is 0 Å². The summed E-state index contributed by atoms with van der Waals surface area (Å²) in [4.78, 5) is 2.62. The first kappa shape index (κ1) is 25.6. The number of allylic oxidation sites excluding steroid dienone is 3. The topological polar surface area (TPSA) is 6.25 Å². The highest BCUT2D eigenvalue weighted by Gasteiger charge is 2.54. The third kappa shape index (κ3) is 4.66. The van der Waals surface area contributed by atoms with Gasteiger partial charge >= 0.3 is 0 Å². The maximum Gasteiger partial charge on any atom is 0.235 e. The highest BCUT2D eigenvalue weighted by Crippen LogP contribution is 2.48. The van der Waals surface area contributed by atoms with Crippen LogP contribution in [0.5, 0.6) is 0 Å².